The Morgan fingerprint density at radius 2 is 2.10 bits per heavy atom. The fraction of sp³-hybridized carbons (Fsp3) is 0.321. The third-order valence-corrected chi connectivity index (χ3v) is 6.85. The summed E-state index contributed by atoms with van der Waals surface area (Å²) in [6, 6.07) is 11.6. The zero-order valence-corrected chi connectivity index (χ0v) is 23.4. The average molecular weight is 550 g/mol. The number of halogens is 1. The summed E-state index contributed by atoms with van der Waals surface area (Å²) < 4.78 is 11.8. The van der Waals surface area contributed by atoms with E-state index in [1.807, 2.05) is 18.2 Å². The van der Waals surface area contributed by atoms with Crippen molar-refractivity contribution in [2.45, 2.75) is 39.7 Å². The second-order valence-electron chi connectivity index (χ2n) is 9.18. The normalized spacial score (nSPS) is 16.2. The Bertz CT molecular complexity index is 1490. The highest BCUT2D eigenvalue weighted by Gasteiger charge is 2.28. The highest BCUT2D eigenvalue weighted by molar-refractivity contribution is 6.29. The Morgan fingerprint density at radius 3 is 2.74 bits per heavy atom. The van der Waals surface area contributed by atoms with E-state index in [1.54, 1.807) is 23.8 Å². The fourth-order valence-electron chi connectivity index (χ4n) is 4.20. The lowest BCUT2D eigenvalue weighted by atomic mass is 9.96. The summed E-state index contributed by atoms with van der Waals surface area (Å²) in [4.78, 5) is 16.7. The van der Waals surface area contributed by atoms with Crippen LogP contribution >= 0.6 is 11.6 Å². The summed E-state index contributed by atoms with van der Waals surface area (Å²) in [5.41, 5.74) is 6.54. The molecule has 0 spiro atoms. The standard InChI is InChI=1S/C19H25ClN4.C9H7N3O3/c1-5-13(2)12-21-16-9-10-23(4)19(14(16)3)17-11-15-7-6-8-18(20)24(15)22-17;1-14-6-2-3-7(10-4-6)9-12-11-8(5-13)15-9/h6-8,11-12,19,21H,5,9-10H2,1-4H3;2-5H,1H3. The van der Waals surface area contributed by atoms with Crippen molar-refractivity contribution in [2.75, 3.05) is 20.7 Å². The maximum Gasteiger partial charge on any atom is 0.281 e. The number of hydrogen-bond acceptors (Lipinski definition) is 9. The van der Waals surface area contributed by atoms with Crippen LogP contribution in [0.2, 0.25) is 5.15 Å². The minimum absolute atomic E-state index is 0.0670. The lowest BCUT2D eigenvalue weighted by molar-refractivity contribution is 0.109. The summed E-state index contributed by atoms with van der Waals surface area (Å²) in [7, 11) is 3.71. The fourth-order valence-corrected chi connectivity index (χ4v) is 4.41. The number of allylic oxidation sites excluding steroid dienone is 1. The van der Waals surface area contributed by atoms with Gasteiger partial charge in [0.25, 0.3) is 11.8 Å². The molecule has 5 rings (SSSR count). The molecule has 0 amide bonds. The van der Waals surface area contributed by atoms with E-state index in [0.717, 1.165) is 30.6 Å². The molecule has 11 heteroatoms. The number of ether oxygens (including phenoxy) is 1. The molecule has 0 fully saturated rings. The molecule has 4 aromatic rings. The van der Waals surface area contributed by atoms with Gasteiger partial charge in [-0.2, -0.15) is 5.10 Å². The van der Waals surface area contributed by atoms with Crippen LogP contribution in [0, 0.1) is 0 Å². The van der Waals surface area contributed by atoms with Gasteiger partial charge in [-0.1, -0.05) is 30.2 Å². The van der Waals surface area contributed by atoms with Crippen LogP contribution in [0.15, 0.2) is 70.1 Å². The second-order valence-corrected chi connectivity index (χ2v) is 9.57. The number of nitrogens with one attached hydrogen (secondary N) is 1. The first-order valence-electron chi connectivity index (χ1n) is 12.6. The summed E-state index contributed by atoms with van der Waals surface area (Å²) in [5.74, 6) is 0.774. The van der Waals surface area contributed by atoms with Crippen molar-refractivity contribution >= 4 is 23.4 Å². The Kier molecular flexibility index (Phi) is 9.11. The molecule has 4 aromatic heterocycles. The van der Waals surface area contributed by atoms with E-state index >= 15 is 0 Å². The number of nitrogens with zero attached hydrogens (tertiary/aromatic N) is 6. The Labute approximate surface area is 232 Å². The summed E-state index contributed by atoms with van der Waals surface area (Å²) >= 11 is 6.27. The molecule has 0 aliphatic carbocycles. The van der Waals surface area contributed by atoms with Gasteiger partial charge in [0.1, 0.15) is 16.6 Å². The average Bonchev–Trinajstić information content (AvgIpc) is 3.61. The monoisotopic (exact) mass is 549 g/mol. The van der Waals surface area contributed by atoms with Gasteiger partial charge in [-0.15, -0.1) is 10.2 Å². The summed E-state index contributed by atoms with van der Waals surface area (Å²) in [6.07, 6.45) is 6.23. The first-order chi connectivity index (χ1) is 18.8. The lowest BCUT2D eigenvalue weighted by Crippen LogP contribution is -2.34. The first kappa shape index (κ1) is 28.0. The number of rotatable bonds is 7. The zero-order chi connectivity index (χ0) is 27.9. The van der Waals surface area contributed by atoms with Gasteiger partial charge >= 0.3 is 0 Å². The van der Waals surface area contributed by atoms with E-state index in [1.165, 1.54) is 23.0 Å². The minimum Gasteiger partial charge on any atom is -0.495 e. The highest BCUT2D eigenvalue weighted by Crippen LogP contribution is 2.34. The molecule has 10 nitrogen and oxygen atoms in total. The van der Waals surface area contributed by atoms with Crippen molar-refractivity contribution in [1.82, 2.24) is 35.0 Å². The van der Waals surface area contributed by atoms with Gasteiger partial charge in [0.2, 0.25) is 6.29 Å². The zero-order valence-electron chi connectivity index (χ0n) is 22.7. The van der Waals surface area contributed by atoms with Crippen LogP contribution in [0.4, 0.5) is 0 Å². The molecule has 1 atom stereocenters. The molecule has 0 saturated carbocycles. The molecule has 1 N–H and O–H groups in total. The number of aldehydes is 1. The van der Waals surface area contributed by atoms with Gasteiger partial charge in [-0.05, 0) is 69.4 Å². The Balaban J connectivity index is 0.000000202. The molecule has 0 radical (unpaired) electrons. The molecular weight excluding hydrogens is 518 g/mol. The Hall–Kier alpha value is -4.02. The predicted octanol–water partition coefficient (Wildman–Crippen LogP) is 5.49. The summed E-state index contributed by atoms with van der Waals surface area (Å²) in [6.45, 7) is 7.53. The van der Waals surface area contributed by atoms with Crippen LogP contribution in [0.5, 0.6) is 5.75 Å². The van der Waals surface area contributed by atoms with Crippen LogP contribution in [-0.4, -0.2) is 56.7 Å². The van der Waals surface area contributed by atoms with E-state index in [-0.39, 0.29) is 17.8 Å². The molecule has 5 heterocycles. The number of carbonyl (C=O) groups is 1. The number of pyridine rings is 2. The smallest absolute Gasteiger partial charge is 0.281 e. The van der Waals surface area contributed by atoms with Gasteiger partial charge in [-0.25, -0.2) is 9.50 Å². The lowest BCUT2D eigenvalue weighted by Gasteiger charge is -2.34. The first-order valence-corrected chi connectivity index (χ1v) is 13.0. The molecule has 204 valence electrons. The number of fused-ring (bicyclic) bond motifs is 1. The highest BCUT2D eigenvalue weighted by atomic mass is 35.5. The van der Waals surface area contributed by atoms with E-state index in [0.29, 0.717) is 22.9 Å². The van der Waals surface area contributed by atoms with Crippen LogP contribution in [-0.2, 0) is 0 Å². The molecule has 0 bridgehead atoms. The molecule has 0 aromatic carbocycles. The van der Waals surface area contributed by atoms with Crippen LogP contribution in [0.3, 0.4) is 0 Å². The molecular formula is C28H32ClN7O3. The maximum absolute atomic E-state index is 10.3. The van der Waals surface area contributed by atoms with Crippen LogP contribution in [0.1, 0.15) is 56.0 Å². The van der Waals surface area contributed by atoms with Gasteiger partial charge in [0, 0.05) is 18.7 Å². The van der Waals surface area contributed by atoms with E-state index < -0.39 is 0 Å². The maximum atomic E-state index is 10.3. The third kappa shape index (κ3) is 6.52. The van der Waals surface area contributed by atoms with Crippen LogP contribution in [0.25, 0.3) is 17.1 Å². The predicted molar refractivity (Wildman–Crippen MR) is 150 cm³/mol. The Morgan fingerprint density at radius 1 is 1.28 bits per heavy atom. The van der Waals surface area contributed by atoms with Crippen molar-refractivity contribution < 1.29 is 13.9 Å². The van der Waals surface area contributed by atoms with Crippen molar-refractivity contribution in [2.24, 2.45) is 0 Å². The largest absolute Gasteiger partial charge is 0.495 e. The van der Waals surface area contributed by atoms with Gasteiger partial charge in [-0.3, -0.25) is 9.69 Å². The SMILES string of the molecule is CCC(C)=CNC1=C(C)C(c2cc3cccc(Cl)n3n2)N(C)CC1.COc1ccc(-c2nnc(C=O)o2)nc1. The summed E-state index contributed by atoms with van der Waals surface area (Å²) in [5, 5.41) is 16.1. The van der Waals surface area contributed by atoms with Crippen molar-refractivity contribution in [3.63, 3.8) is 0 Å². The number of methoxy groups -OCH3 is 1. The topological polar surface area (TPSA) is 111 Å². The quantitative estimate of drug-likeness (QED) is 0.236. The molecule has 39 heavy (non-hydrogen) atoms. The van der Waals surface area contributed by atoms with Crippen molar-refractivity contribution in [1.29, 1.82) is 0 Å². The number of aromatic nitrogens is 5. The third-order valence-electron chi connectivity index (χ3n) is 6.56. The van der Waals surface area contributed by atoms with Gasteiger partial charge < -0.3 is 14.5 Å². The molecule has 1 aliphatic heterocycles. The molecule has 0 saturated heterocycles. The van der Waals surface area contributed by atoms with Gasteiger partial charge in [0.15, 0.2) is 0 Å². The number of hydrogen-bond donors (Lipinski definition) is 1. The number of likely N-dealkylation sites (N-methyl/N-ethyl adjacent to an activating group) is 1. The van der Waals surface area contributed by atoms with Crippen molar-refractivity contribution in [3.05, 3.63) is 82.4 Å². The number of carbonyl (C=O) groups excluding carboxylic acids is 1. The van der Waals surface area contributed by atoms with Crippen LogP contribution < -0.4 is 10.1 Å². The van der Waals surface area contributed by atoms with E-state index in [2.05, 4.69) is 65.5 Å². The minimum atomic E-state index is -0.0670. The van der Waals surface area contributed by atoms with E-state index in [4.69, 9.17) is 25.9 Å². The van der Waals surface area contributed by atoms with Gasteiger partial charge in [0.05, 0.1) is 30.6 Å². The second kappa shape index (κ2) is 12.7. The van der Waals surface area contributed by atoms with E-state index in [9.17, 15) is 4.79 Å². The van der Waals surface area contributed by atoms with Crippen molar-refractivity contribution in [3.8, 4) is 17.3 Å². The molecule has 1 unspecified atom stereocenters. The molecule has 1 aliphatic rings.